The Balaban J connectivity index is 4.24. The normalized spacial score (nSPS) is 13.9. The largest absolute Gasteiger partial charge is 0.472 e. The molecule has 0 aliphatic carbocycles. The summed E-state index contributed by atoms with van der Waals surface area (Å²) in [7, 11) is -4.38. The Bertz CT molecular complexity index is 965. The van der Waals surface area contributed by atoms with Crippen LogP contribution in [0.5, 0.6) is 0 Å². The van der Waals surface area contributed by atoms with Crippen molar-refractivity contribution in [1.29, 1.82) is 0 Å². The molecule has 1 unspecified atom stereocenters. The molecule has 0 aliphatic rings. The van der Waals surface area contributed by atoms with Crippen LogP contribution in [0.3, 0.4) is 0 Å². The van der Waals surface area contributed by atoms with Crippen molar-refractivity contribution in [2.75, 3.05) is 26.4 Å². The van der Waals surface area contributed by atoms with Crippen molar-refractivity contribution >= 4 is 19.8 Å². The lowest BCUT2D eigenvalue weighted by Crippen LogP contribution is -2.29. The molecule has 9 nitrogen and oxygen atoms in total. The quantitative estimate of drug-likeness (QED) is 0.0280. The number of carbonyl (C=O) groups excluding carboxylic acids is 2. The molecule has 50 heavy (non-hydrogen) atoms. The van der Waals surface area contributed by atoms with Crippen LogP contribution in [-0.2, 0) is 32.7 Å². The van der Waals surface area contributed by atoms with Gasteiger partial charge in [-0.05, 0) is 32.1 Å². The molecule has 0 saturated heterocycles. The van der Waals surface area contributed by atoms with Crippen molar-refractivity contribution < 1.29 is 37.6 Å². The molecule has 0 rings (SSSR count). The van der Waals surface area contributed by atoms with Crippen LogP contribution in [0, 0.1) is 0 Å². The topological polar surface area (TPSA) is 134 Å². The fraction of sp³-hybridized carbons (Fsp3) is 0.750. The summed E-state index contributed by atoms with van der Waals surface area (Å²) in [5.41, 5.74) is 5.33. The van der Waals surface area contributed by atoms with Gasteiger partial charge < -0.3 is 20.1 Å². The molecule has 2 atom stereocenters. The van der Waals surface area contributed by atoms with Gasteiger partial charge >= 0.3 is 19.8 Å². The second-order valence-electron chi connectivity index (χ2n) is 12.9. The number of hydrogen-bond donors (Lipinski definition) is 2. The number of rotatable bonds is 36. The smallest absolute Gasteiger partial charge is 0.462 e. The highest BCUT2D eigenvalue weighted by molar-refractivity contribution is 7.47. The van der Waals surface area contributed by atoms with Crippen molar-refractivity contribution in [1.82, 2.24) is 0 Å². The Hall–Kier alpha value is -2.03. The Labute approximate surface area is 305 Å². The lowest BCUT2D eigenvalue weighted by molar-refractivity contribution is -0.161. The fourth-order valence-electron chi connectivity index (χ4n) is 5.17. The number of allylic oxidation sites excluding steroid dienone is 8. The number of carbonyl (C=O) groups is 2. The molecule has 0 spiro atoms. The minimum atomic E-state index is -4.38. The monoisotopic (exact) mass is 725 g/mol. The maximum Gasteiger partial charge on any atom is 0.472 e. The van der Waals surface area contributed by atoms with Crippen molar-refractivity contribution in [2.24, 2.45) is 5.73 Å². The third-order valence-corrected chi connectivity index (χ3v) is 9.06. The van der Waals surface area contributed by atoms with Crippen molar-refractivity contribution in [3.05, 3.63) is 48.6 Å². The fourth-order valence-corrected chi connectivity index (χ4v) is 5.94. The van der Waals surface area contributed by atoms with E-state index >= 15 is 0 Å². The Morgan fingerprint density at radius 2 is 1.10 bits per heavy atom. The maximum atomic E-state index is 12.5. The summed E-state index contributed by atoms with van der Waals surface area (Å²) in [5, 5.41) is 0. The summed E-state index contributed by atoms with van der Waals surface area (Å²) < 4.78 is 32.7. The van der Waals surface area contributed by atoms with E-state index in [2.05, 4.69) is 32.1 Å². The molecule has 0 aromatic heterocycles. The van der Waals surface area contributed by atoms with E-state index in [0.29, 0.717) is 12.8 Å². The average molecular weight is 726 g/mol. The van der Waals surface area contributed by atoms with Gasteiger partial charge in [0, 0.05) is 19.4 Å². The molecule has 0 saturated carbocycles. The molecule has 290 valence electrons. The van der Waals surface area contributed by atoms with Crippen molar-refractivity contribution in [3.8, 4) is 0 Å². The molecule has 0 aromatic carbocycles. The van der Waals surface area contributed by atoms with Gasteiger partial charge in [0.1, 0.15) is 6.61 Å². The number of unbranched alkanes of at least 4 members (excludes halogenated alkanes) is 18. The van der Waals surface area contributed by atoms with Crippen molar-refractivity contribution in [2.45, 2.75) is 168 Å². The number of hydrogen-bond acceptors (Lipinski definition) is 8. The molecule has 10 heteroatoms. The van der Waals surface area contributed by atoms with Crippen LogP contribution in [-0.4, -0.2) is 49.3 Å². The minimum Gasteiger partial charge on any atom is -0.462 e. The molecule has 0 radical (unpaired) electrons. The van der Waals surface area contributed by atoms with Crippen LogP contribution in [0.1, 0.15) is 162 Å². The van der Waals surface area contributed by atoms with E-state index in [0.717, 1.165) is 57.8 Å². The summed E-state index contributed by atoms with van der Waals surface area (Å²) in [6, 6.07) is 0. The Morgan fingerprint density at radius 3 is 1.64 bits per heavy atom. The summed E-state index contributed by atoms with van der Waals surface area (Å²) in [6.45, 7) is 3.56. The highest BCUT2D eigenvalue weighted by Crippen LogP contribution is 2.43. The van der Waals surface area contributed by atoms with Gasteiger partial charge in [0.05, 0.1) is 13.2 Å². The van der Waals surface area contributed by atoms with Gasteiger partial charge in [0.25, 0.3) is 0 Å². The lowest BCUT2D eigenvalue weighted by Gasteiger charge is -2.19. The molecule has 0 amide bonds. The summed E-state index contributed by atoms with van der Waals surface area (Å²) in [4.78, 5) is 34.7. The summed E-state index contributed by atoms with van der Waals surface area (Å²) in [6.07, 6.45) is 39.9. The lowest BCUT2D eigenvalue weighted by atomic mass is 10.0. The van der Waals surface area contributed by atoms with E-state index in [1.165, 1.54) is 64.2 Å². The van der Waals surface area contributed by atoms with Crippen molar-refractivity contribution in [3.63, 3.8) is 0 Å². The molecular weight excluding hydrogens is 653 g/mol. The molecule has 0 fully saturated rings. The zero-order valence-corrected chi connectivity index (χ0v) is 32.5. The van der Waals surface area contributed by atoms with Crippen LogP contribution in [0.4, 0.5) is 0 Å². The minimum absolute atomic E-state index is 0.0490. The number of esters is 2. The third kappa shape index (κ3) is 35.8. The van der Waals surface area contributed by atoms with Crippen LogP contribution in [0.25, 0.3) is 0 Å². The van der Waals surface area contributed by atoms with E-state index in [9.17, 15) is 19.0 Å². The first-order valence-corrected chi connectivity index (χ1v) is 21.2. The van der Waals surface area contributed by atoms with Gasteiger partial charge in [-0.15, -0.1) is 0 Å². The molecule has 0 bridgehead atoms. The highest BCUT2D eigenvalue weighted by Gasteiger charge is 2.25. The highest BCUT2D eigenvalue weighted by atomic mass is 31.2. The van der Waals surface area contributed by atoms with Gasteiger partial charge in [-0.3, -0.25) is 18.6 Å². The van der Waals surface area contributed by atoms with Crippen LogP contribution in [0.2, 0.25) is 0 Å². The van der Waals surface area contributed by atoms with Crippen LogP contribution >= 0.6 is 7.82 Å². The second-order valence-corrected chi connectivity index (χ2v) is 14.3. The molecule has 3 N–H and O–H groups in total. The van der Waals surface area contributed by atoms with Gasteiger partial charge in [-0.2, -0.15) is 0 Å². The second kappa shape index (κ2) is 36.8. The average Bonchev–Trinajstić information content (AvgIpc) is 3.10. The van der Waals surface area contributed by atoms with Gasteiger partial charge in [-0.1, -0.05) is 165 Å². The summed E-state index contributed by atoms with van der Waals surface area (Å²) in [5.74, 6) is -0.856. The number of phosphoric acid groups is 1. The summed E-state index contributed by atoms with van der Waals surface area (Å²) >= 11 is 0. The predicted molar refractivity (Wildman–Crippen MR) is 206 cm³/mol. The van der Waals surface area contributed by atoms with E-state index in [1.54, 1.807) is 0 Å². The zero-order valence-electron chi connectivity index (χ0n) is 31.6. The van der Waals surface area contributed by atoms with Gasteiger partial charge in [0.15, 0.2) is 6.10 Å². The van der Waals surface area contributed by atoms with Crippen LogP contribution in [0.15, 0.2) is 48.6 Å². The number of nitrogens with two attached hydrogens (primary N) is 1. The Morgan fingerprint density at radius 1 is 0.620 bits per heavy atom. The first-order chi connectivity index (χ1) is 24.3. The molecular formula is C40H72NO8P. The van der Waals surface area contributed by atoms with E-state index in [4.69, 9.17) is 24.3 Å². The maximum absolute atomic E-state index is 12.5. The van der Waals surface area contributed by atoms with Gasteiger partial charge in [0.2, 0.25) is 0 Å². The van der Waals surface area contributed by atoms with Gasteiger partial charge in [-0.25, -0.2) is 4.57 Å². The Kier molecular flexibility index (Phi) is 35.3. The molecule has 0 aliphatic heterocycles. The number of ether oxygens (including phenoxy) is 2. The first-order valence-electron chi connectivity index (χ1n) is 19.7. The zero-order chi connectivity index (χ0) is 36.8. The van der Waals surface area contributed by atoms with E-state index < -0.39 is 32.5 Å². The third-order valence-electron chi connectivity index (χ3n) is 8.07. The standard InChI is InChI=1S/C40H72NO8P/c1-3-5-7-9-11-13-15-17-19-21-22-24-26-28-30-32-39(42)46-36-38(37-48-50(44,45)47-35-34-41)49-40(43)33-31-29-27-25-23-20-18-16-14-12-10-8-6-4-2/h5,7,9,11,13,15,17,19,38H,3-4,6,8,10,12,14,16,18,20-37,41H2,1-2H3,(H,44,45)/b7-5+,11-9+,15-13+,19-17+/t38-/m1/s1. The van der Waals surface area contributed by atoms with E-state index in [1.807, 2.05) is 30.4 Å². The molecule has 0 heterocycles. The van der Waals surface area contributed by atoms with E-state index in [-0.39, 0.29) is 32.6 Å². The SMILES string of the molecule is CC/C=C/C=C/C=C/C=C/CCCCCCCC(=O)OC[C@H](COP(=O)(O)OCCN)OC(=O)CCCCCCCCCCCCCCCC. The first kappa shape index (κ1) is 48.0. The molecule has 0 aromatic rings. The number of phosphoric ester groups is 1. The van der Waals surface area contributed by atoms with Crippen LogP contribution < -0.4 is 5.73 Å². The predicted octanol–water partition coefficient (Wildman–Crippen LogP) is 10.8.